The maximum atomic E-state index is 14.4. The summed E-state index contributed by atoms with van der Waals surface area (Å²) >= 11 is 12.6. The average molecular weight is 665 g/mol. The molecule has 0 atom stereocenters. The Morgan fingerprint density at radius 2 is 1.64 bits per heavy atom. The summed E-state index contributed by atoms with van der Waals surface area (Å²) in [5.74, 6) is -1.01. The van der Waals surface area contributed by atoms with Gasteiger partial charge in [-0.05, 0) is 84.6 Å². The van der Waals surface area contributed by atoms with Gasteiger partial charge in [0, 0.05) is 23.3 Å². The molecule has 0 bridgehead atoms. The minimum Gasteiger partial charge on any atom is -0.478 e. The Labute approximate surface area is 270 Å². The third-order valence-electron chi connectivity index (χ3n) is 7.08. The van der Waals surface area contributed by atoms with Crippen LogP contribution in [0.15, 0.2) is 91.1 Å². The highest BCUT2D eigenvalue weighted by atomic mass is 35.5. The molecule has 45 heavy (non-hydrogen) atoms. The molecule has 11 heteroatoms. The van der Waals surface area contributed by atoms with E-state index < -0.39 is 27.1 Å². The number of halogens is 3. The Morgan fingerprint density at radius 3 is 2.29 bits per heavy atom. The molecule has 5 aromatic rings. The summed E-state index contributed by atoms with van der Waals surface area (Å²) in [4.78, 5) is 16.1. The van der Waals surface area contributed by atoms with Crippen LogP contribution in [0, 0.1) is 5.82 Å². The van der Waals surface area contributed by atoms with Crippen molar-refractivity contribution in [3.63, 3.8) is 0 Å². The number of sulfonamides is 1. The molecular weight excluding hydrogens is 636 g/mol. The lowest BCUT2D eigenvalue weighted by atomic mass is 10.0. The predicted molar refractivity (Wildman–Crippen MR) is 179 cm³/mol. The lowest BCUT2D eigenvalue weighted by molar-refractivity contribution is 0.0697. The third kappa shape index (κ3) is 7.62. The number of aromatic carboxylic acids is 1. The van der Waals surface area contributed by atoms with Gasteiger partial charge in [-0.3, -0.25) is 4.72 Å². The summed E-state index contributed by atoms with van der Waals surface area (Å²) in [6.45, 7) is 3.48. The van der Waals surface area contributed by atoms with Gasteiger partial charge in [0.1, 0.15) is 11.6 Å². The van der Waals surface area contributed by atoms with Crippen molar-refractivity contribution in [1.29, 1.82) is 0 Å². The summed E-state index contributed by atoms with van der Waals surface area (Å²) in [6.07, 6.45) is 5.64. The van der Waals surface area contributed by atoms with Crippen LogP contribution in [0.1, 0.15) is 41.2 Å². The summed E-state index contributed by atoms with van der Waals surface area (Å²) in [5, 5.41) is 9.51. The van der Waals surface area contributed by atoms with Gasteiger partial charge in [-0.15, -0.1) is 0 Å². The van der Waals surface area contributed by atoms with Crippen LogP contribution in [-0.2, 0) is 16.6 Å². The fraction of sp³-hybridized carbons (Fsp3) is 0.118. The number of carboxylic acids is 1. The van der Waals surface area contributed by atoms with E-state index in [1.54, 1.807) is 48.5 Å². The SMILES string of the molecule is CC(C)S(=O)(=O)Nc1cc(-c2ccc(/C=C/c3nc(-c4ccc(Cl)cc4Cl)cn3Cc3ccc(C(=O)O)cc3)cc2)ccc1F. The molecule has 4 aromatic carbocycles. The van der Waals surface area contributed by atoms with Crippen molar-refractivity contribution in [2.24, 2.45) is 0 Å². The lowest BCUT2D eigenvalue weighted by Crippen LogP contribution is -2.23. The first-order valence-corrected chi connectivity index (χ1v) is 16.1. The van der Waals surface area contributed by atoms with Gasteiger partial charge in [-0.2, -0.15) is 0 Å². The number of aromatic nitrogens is 2. The van der Waals surface area contributed by atoms with Crippen molar-refractivity contribution in [1.82, 2.24) is 9.55 Å². The minimum atomic E-state index is -3.71. The fourth-order valence-electron chi connectivity index (χ4n) is 4.48. The van der Waals surface area contributed by atoms with Crippen LogP contribution in [0.3, 0.4) is 0 Å². The zero-order valence-electron chi connectivity index (χ0n) is 24.2. The van der Waals surface area contributed by atoms with Crippen molar-refractivity contribution < 1.29 is 22.7 Å². The Bertz CT molecular complexity index is 2010. The van der Waals surface area contributed by atoms with E-state index in [1.807, 2.05) is 47.2 Å². The molecular formula is C34H28Cl2FN3O4S. The summed E-state index contributed by atoms with van der Waals surface area (Å²) in [5.41, 5.74) is 4.66. The molecule has 0 saturated carbocycles. The molecule has 0 spiro atoms. The van der Waals surface area contributed by atoms with E-state index >= 15 is 0 Å². The lowest BCUT2D eigenvalue weighted by Gasteiger charge is -2.13. The number of hydrogen-bond acceptors (Lipinski definition) is 4. The molecule has 2 N–H and O–H groups in total. The molecule has 1 heterocycles. The monoisotopic (exact) mass is 663 g/mol. The van der Waals surface area contributed by atoms with E-state index in [4.69, 9.17) is 28.2 Å². The number of imidazole rings is 1. The second-order valence-corrected chi connectivity index (χ2v) is 13.7. The van der Waals surface area contributed by atoms with E-state index in [2.05, 4.69) is 4.72 Å². The molecule has 0 saturated heterocycles. The van der Waals surface area contributed by atoms with Crippen molar-refractivity contribution in [2.75, 3.05) is 4.72 Å². The topological polar surface area (TPSA) is 101 Å². The zero-order chi connectivity index (χ0) is 32.3. The van der Waals surface area contributed by atoms with E-state index in [-0.39, 0.29) is 11.3 Å². The minimum absolute atomic E-state index is 0.105. The number of carboxylic acid groups (broad SMARTS) is 1. The molecule has 0 aliphatic heterocycles. The molecule has 0 aliphatic carbocycles. The third-order valence-corrected chi connectivity index (χ3v) is 9.37. The van der Waals surface area contributed by atoms with Crippen molar-refractivity contribution in [3.05, 3.63) is 130 Å². The zero-order valence-corrected chi connectivity index (χ0v) is 26.5. The second kappa shape index (κ2) is 13.3. The van der Waals surface area contributed by atoms with Crippen LogP contribution in [0.2, 0.25) is 10.0 Å². The highest BCUT2D eigenvalue weighted by molar-refractivity contribution is 7.93. The standard InChI is InChI=1S/C34H28Cl2FN3O4S/c1-21(2)45(43,44)39-31-17-26(12-15-30(31)37)24-8-3-22(4-9-24)7-16-33-38-32(28-14-13-27(35)18-29(28)36)20-40(33)19-23-5-10-25(11-6-23)34(41)42/h3-18,20-21,39H,19H2,1-2H3,(H,41,42)/b16-7+. The predicted octanol–water partition coefficient (Wildman–Crippen LogP) is 8.73. The number of benzene rings is 4. The molecule has 7 nitrogen and oxygen atoms in total. The van der Waals surface area contributed by atoms with Crippen molar-refractivity contribution in [3.8, 4) is 22.4 Å². The maximum Gasteiger partial charge on any atom is 0.335 e. The Kier molecular flexibility index (Phi) is 9.43. The van der Waals surface area contributed by atoms with Gasteiger partial charge >= 0.3 is 5.97 Å². The first-order chi connectivity index (χ1) is 21.4. The van der Waals surface area contributed by atoms with E-state index in [1.165, 1.54) is 26.0 Å². The van der Waals surface area contributed by atoms with Crippen molar-refractivity contribution >= 4 is 57.0 Å². The van der Waals surface area contributed by atoms with Crippen LogP contribution in [-0.4, -0.2) is 34.3 Å². The number of carbonyl (C=O) groups is 1. The second-order valence-electron chi connectivity index (χ2n) is 10.6. The summed E-state index contributed by atoms with van der Waals surface area (Å²) in [7, 11) is -3.71. The average Bonchev–Trinajstić information content (AvgIpc) is 3.39. The van der Waals surface area contributed by atoms with E-state index in [0.717, 1.165) is 22.3 Å². The number of hydrogen-bond donors (Lipinski definition) is 2. The quantitative estimate of drug-likeness (QED) is 0.156. The van der Waals surface area contributed by atoms with Gasteiger partial charge < -0.3 is 9.67 Å². The normalized spacial score (nSPS) is 11.8. The molecule has 230 valence electrons. The van der Waals surface area contributed by atoms with Gasteiger partial charge in [-0.25, -0.2) is 22.6 Å². The molecule has 0 radical (unpaired) electrons. The van der Waals surface area contributed by atoms with Crippen LogP contribution < -0.4 is 4.72 Å². The van der Waals surface area contributed by atoms with Gasteiger partial charge in [0.05, 0.1) is 27.2 Å². The molecule has 0 amide bonds. The summed E-state index contributed by atoms with van der Waals surface area (Å²) in [6, 6.07) is 23.7. The van der Waals surface area contributed by atoms with E-state index in [0.29, 0.717) is 33.7 Å². The van der Waals surface area contributed by atoms with E-state index in [9.17, 15) is 22.7 Å². The maximum absolute atomic E-state index is 14.4. The molecule has 0 fully saturated rings. The first kappa shape index (κ1) is 32.0. The number of anilines is 1. The van der Waals surface area contributed by atoms with Crippen LogP contribution in [0.25, 0.3) is 34.5 Å². The Balaban J connectivity index is 1.42. The van der Waals surface area contributed by atoms with Gasteiger partial charge in [0.15, 0.2) is 0 Å². The van der Waals surface area contributed by atoms with Gasteiger partial charge in [0.2, 0.25) is 10.0 Å². The van der Waals surface area contributed by atoms with Gasteiger partial charge in [0.25, 0.3) is 0 Å². The number of nitrogens with one attached hydrogen (secondary N) is 1. The Hall–Kier alpha value is -4.44. The van der Waals surface area contributed by atoms with Crippen LogP contribution in [0.4, 0.5) is 10.1 Å². The number of rotatable bonds is 10. The molecule has 1 aromatic heterocycles. The molecule has 0 aliphatic rings. The molecule has 5 rings (SSSR count). The number of nitrogens with zero attached hydrogens (tertiary/aromatic N) is 2. The summed E-state index contributed by atoms with van der Waals surface area (Å²) < 4.78 is 43.2. The van der Waals surface area contributed by atoms with Crippen molar-refractivity contribution in [2.45, 2.75) is 25.6 Å². The van der Waals surface area contributed by atoms with Crippen LogP contribution >= 0.6 is 23.2 Å². The Morgan fingerprint density at radius 1 is 0.956 bits per heavy atom. The van der Waals surface area contributed by atoms with Gasteiger partial charge in [-0.1, -0.05) is 71.7 Å². The van der Waals surface area contributed by atoms with Crippen LogP contribution in [0.5, 0.6) is 0 Å². The fourth-order valence-corrected chi connectivity index (χ4v) is 5.68. The first-order valence-electron chi connectivity index (χ1n) is 13.8. The highest BCUT2D eigenvalue weighted by Gasteiger charge is 2.18. The largest absolute Gasteiger partial charge is 0.478 e. The molecule has 0 unspecified atom stereocenters. The highest BCUT2D eigenvalue weighted by Crippen LogP contribution is 2.31. The smallest absolute Gasteiger partial charge is 0.335 e.